The number of nitrogens with zero attached hydrogens (tertiary/aromatic N) is 5. The van der Waals surface area contributed by atoms with Crippen LogP contribution in [-0.4, -0.2) is 78.4 Å². The Bertz CT molecular complexity index is 1270. The van der Waals surface area contributed by atoms with Gasteiger partial charge in [0.25, 0.3) is 0 Å². The Hall–Kier alpha value is -3.12. The molecule has 0 spiro atoms. The first-order valence-electron chi connectivity index (χ1n) is 12.5. The SMILES string of the molecule is CC(C)C(C(=O)NCCN1CCN(Cc2ccccc2)CC1)n1cc(-c2ccc(S(N)(=O)=O)cc2)nn1. The first-order valence-corrected chi connectivity index (χ1v) is 14.1. The molecule has 1 aliphatic heterocycles. The molecule has 2 heterocycles. The molecule has 1 amide bonds. The third kappa shape index (κ3) is 7.22. The van der Waals surface area contributed by atoms with Gasteiger partial charge in [-0.05, 0) is 23.6 Å². The van der Waals surface area contributed by atoms with Crippen LogP contribution in [-0.2, 0) is 21.4 Å². The number of sulfonamides is 1. The van der Waals surface area contributed by atoms with E-state index in [9.17, 15) is 13.2 Å². The fraction of sp³-hybridized carbons (Fsp3) is 0.423. The lowest BCUT2D eigenvalue weighted by Crippen LogP contribution is -2.48. The summed E-state index contributed by atoms with van der Waals surface area (Å²) in [5.41, 5.74) is 2.57. The summed E-state index contributed by atoms with van der Waals surface area (Å²) >= 11 is 0. The van der Waals surface area contributed by atoms with Crippen LogP contribution in [0.15, 0.2) is 65.7 Å². The van der Waals surface area contributed by atoms with Crippen LogP contribution in [0.2, 0.25) is 0 Å². The Morgan fingerprint density at radius 3 is 2.27 bits per heavy atom. The zero-order chi connectivity index (χ0) is 26.4. The minimum absolute atomic E-state index is 0.000778. The Morgan fingerprint density at radius 1 is 1.00 bits per heavy atom. The normalized spacial score (nSPS) is 16.1. The number of hydrogen-bond acceptors (Lipinski definition) is 7. The summed E-state index contributed by atoms with van der Waals surface area (Å²) in [4.78, 5) is 17.9. The zero-order valence-corrected chi connectivity index (χ0v) is 22.1. The van der Waals surface area contributed by atoms with Crippen LogP contribution >= 0.6 is 0 Å². The predicted octanol–water partition coefficient (Wildman–Crippen LogP) is 1.72. The minimum atomic E-state index is -3.77. The molecule has 198 valence electrons. The largest absolute Gasteiger partial charge is 0.353 e. The van der Waals surface area contributed by atoms with Crippen molar-refractivity contribution in [2.45, 2.75) is 31.3 Å². The molecule has 0 bridgehead atoms. The van der Waals surface area contributed by atoms with Crippen LogP contribution in [0.1, 0.15) is 25.5 Å². The van der Waals surface area contributed by atoms with Crippen molar-refractivity contribution < 1.29 is 13.2 Å². The van der Waals surface area contributed by atoms with E-state index in [1.54, 1.807) is 23.0 Å². The lowest BCUT2D eigenvalue weighted by atomic mass is 10.0. The van der Waals surface area contributed by atoms with Crippen LogP contribution in [0, 0.1) is 5.92 Å². The Morgan fingerprint density at radius 2 is 1.65 bits per heavy atom. The second kappa shape index (κ2) is 12.0. The average Bonchev–Trinajstić information content (AvgIpc) is 3.35. The van der Waals surface area contributed by atoms with E-state index in [1.165, 1.54) is 17.7 Å². The summed E-state index contributed by atoms with van der Waals surface area (Å²) in [7, 11) is -3.77. The van der Waals surface area contributed by atoms with Gasteiger partial charge < -0.3 is 5.32 Å². The van der Waals surface area contributed by atoms with E-state index in [1.807, 2.05) is 19.9 Å². The summed E-state index contributed by atoms with van der Waals surface area (Å²) in [6.45, 7) is 10.3. The molecule has 0 saturated carbocycles. The van der Waals surface area contributed by atoms with Gasteiger partial charge in [0, 0.05) is 51.4 Å². The van der Waals surface area contributed by atoms with Crippen LogP contribution in [0.5, 0.6) is 0 Å². The number of rotatable bonds is 10. The molecular formula is C26H35N7O3S. The molecule has 11 heteroatoms. The van der Waals surface area contributed by atoms with Crippen LogP contribution in [0.4, 0.5) is 0 Å². The maximum absolute atomic E-state index is 13.1. The lowest BCUT2D eigenvalue weighted by molar-refractivity contribution is -0.126. The number of carbonyl (C=O) groups excluding carboxylic acids is 1. The number of nitrogens with one attached hydrogen (secondary N) is 1. The number of benzene rings is 2. The molecule has 1 saturated heterocycles. The second-order valence-corrected chi connectivity index (χ2v) is 11.3. The van der Waals surface area contributed by atoms with Crippen molar-refractivity contribution in [1.82, 2.24) is 30.1 Å². The molecule has 2 aromatic carbocycles. The van der Waals surface area contributed by atoms with Gasteiger partial charge in [-0.1, -0.05) is 61.5 Å². The van der Waals surface area contributed by atoms with Gasteiger partial charge in [-0.15, -0.1) is 5.10 Å². The highest BCUT2D eigenvalue weighted by atomic mass is 32.2. The van der Waals surface area contributed by atoms with Gasteiger partial charge in [0.15, 0.2) is 0 Å². The number of piperazine rings is 1. The van der Waals surface area contributed by atoms with Gasteiger partial charge in [0.1, 0.15) is 11.7 Å². The predicted molar refractivity (Wildman–Crippen MR) is 142 cm³/mol. The molecule has 3 aromatic rings. The first-order chi connectivity index (χ1) is 17.7. The summed E-state index contributed by atoms with van der Waals surface area (Å²) in [5, 5.41) is 16.6. The molecular weight excluding hydrogens is 490 g/mol. The molecule has 1 atom stereocenters. The van der Waals surface area contributed by atoms with E-state index in [-0.39, 0.29) is 16.7 Å². The highest BCUT2D eigenvalue weighted by Gasteiger charge is 2.26. The number of aromatic nitrogens is 3. The standard InChI is InChI=1S/C26H35N7O3S/c1-20(2)25(33-19-24(29-30-33)22-8-10-23(11-9-22)37(27,35)36)26(34)28-12-13-31-14-16-32(17-15-31)18-21-6-4-3-5-7-21/h3-11,19-20,25H,12-18H2,1-2H3,(H,28,34)(H2,27,35,36). The first kappa shape index (κ1) is 26.9. The fourth-order valence-electron chi connectivity index (χ4n) is 4.54. The van der Waals surface area contributed by atoms with Gasteiger partial charge in [-0.2, -0.15) is 0 Å². The van der Waals surface area contributed by atoms with Crippen molar-refractivity contribution in [1.29, 1.82) is 0 Å². The van der Waals surface area contributed by atoms with E-state index in [0.29, 0.717) is 17.8 Å². The van der Waals surface area contributed by atoms with Crippen LogP contribution in [0.3, 0.4) is 0 Å². The molecule has 1 aliphatic rings. The third-order valence-electron chi connectivity index (χ3n) is 6.62. The van der Waals surface area contributed by atoms with Crippen LogP contribution < -0.4 is 10.5 Å². The summed E-state index contributed by atoms with van der Waals surface area (Å²) in [6.07, 6.45) is 1.71. The highest BCUT2D eigenvalue weighted by molar-refractivity contribution is 7.89. The van der Waals surface area contributed by atoms with Gasteiger partial charge in [0.05, 0.1) is 11.1 Å². The monoisotopic (exact) mass is 525 g/mol. The third-order valence-corrected chi connectivity index (χ3v) is 7.54. The van der Waals surface area contributed by atoms with Crippen molar-refractivity contribution in [2.24, 2.45) is 11.1 Å². The number of primary sulfonamides is 1. The number of nitrogens with two attached hydrogens (primary N) is 1. The van der Waals surface area contributed by atoms with Crippen molar-refractivity contribution in [3.05, 3.63) is 66.4 Å². The Balaban J connectivity index is 1.28. The maximum atomic E-state index is 13.1. The molecule has 10 nitrogen and oxygen atoms in total. The van der Waals surface area contributed by atoms with E-state index < -0.39 is 16.1 Å². The van der Waals surface area contributed by atoms with Crippen molar-refractivity contribution >= 4 is 15.9 Å². The summed E-state index contributed by atoms with van der Waals surface area (Å²) in [6, 6.07) is 16.1. The van der Waals surface area contributed by atoms with Gasteiger partial charge in [-0.3, -0.25) is 14.6 Å². The van der Waals surface area contributed by atoms with E-state index in [0.717, 1.165) is 39.3 Å². The number of hydrogen-bond donors (Lipinski definition) is 2. The van der Waals surface area contributed by atoms with Crippen LogP contribution in [0.25, 0.3) is 11.3 Å². The number of amides is 1. The zero-order valence-electron chi connectivity index (χ0n) is 21.3. The topological polar surface area (TPSA) is 126 Å². The van der Waals surface area contributed by atoms with Crippen molar-refractivity contribution in [3.63, 3.8) is 0 Å². The molecule has 4 rings (SSSR count). The fourth-order valence-corrected chi connectivity index (χ4v) is 5.06. The average molecular weight is 526 g/mol. The van der Waals surface area contributed by atoms with E-state index in [4.69, 9.17) is 5.14 Å². The molecule has 37 heavy (non-hydrogen) atoms. The van der Waals surface area contributed by atoms with E-state index in [2.05, 4.69) is 49.7 Å². The Labute approximate surface area is 218 Å². The van der Waals surface area contributed by atoms with Gasteiger partial charge in [-0.25, -0.2) is 18.2 Å². The van der Waals surface area contributed by atoms with Crippen molar-refractivity contribution in [3.8, 4) is 11.3 Å². The van der Waals surface area contributed by atoms with Crippen molar-refractivity contribution in [2.75, 3.05) is 39.3 Å². The molecule has 0 radical (unpaired) electrons. The quantitative estimate of drug-likeness (QED) is 0.413. The second-order valence-electron chi connectivity index (χ2n) is 9.74. The Kier molecular flexibility index (Phi) is 8.70. The lowest BCUT2D eigenvalue weighted by Gasteiger charge is -2.34. The maximum Gasteiger partial charge on any atom is 0.245 e. The molecule has 3 N–H and O–H groups in total. The number of carbonyl (C=O) groups is 1. The molecule has 0 aliphatic carbocycles. The highest BCUT2D eigenvalue weighted by Crippen LogP contribution is 2.22. The summed E-state index contributed by atoms with van der Waals surface area (Å²) < 4.78 is 24.6. The molecule has 1 aromatic heterocycles. The summed E-state index contributed by atoms with van der Waals surface area (Å²) in [5.74, 6) is -0.0976. The minimum Gasteiger partial charge on any atom is -0.353 e. The molecule has 1 fully saturated rings. The van der Waals surface area contributed by atoms with Gasteiger partial charge >= 0.3 is 0 Å². The molecule has 1 unspecified atom stereocenters. The smallest absolute Gasteiger partial charge is 0.245 e. The van der Waals surface area contributed by atoms with Gasteiger partial charge in [0.2, 0.25) is 15.9 Å². The van der Waals surface area contributed by atoms with E-state index >= 15 is 0 Å².